The average Bonchev–Trinajstić information content (AvgIpc) is 3.29. The van der Waals surface area contributed by atoms with Gasteiger partial charge >= 0.3 is 13.7 Å². The van der Waals surface area contributed by atoms with E-state index in [1.165, 1.54) is 31.7 Å². The van der Waals surface area contributed by atoms with Crippen LogP contribution in [0, 0.1) is 11.8 Å². The van der Waals surface area contributed by atoms with Crippen molar-refractivity contribution in [1.82, 2.24) is 24.6 Å². The number of carbonyl (C=O) groups excluding carboxylic acids is 1. The Bertz CT molecular complexity index is 1520. The molecule has 15 heteroatoms. The van der Waals surface area contributed by atoms with Gasteiger partial charge in [-0.05, 0) is 53.7 Å². The van der Waals surface area contributed by atoms with E-state index in [1.807, 2.05) is 0 Å². The number of hydrogen-bond acceptors (Lipinski definition) is 10. The molecule has 1 aromatic carbocycles. The first-order valence-corrected chi connectivity index (χ1v) is 14.3. The second-order valence-corrected chi connectivity index (χ2v) is 11.3. The lowest BCUT2D eigenvalue weighted by Gasteiger charge is -2.31. The van der Waals surface area contributed by atoms with Crippen LogP contribution in [0.3, 0.4) is 0 Å². The fourth-order valence-electron chi connectivity index (χ4n) is 3.67. The summed E-state index contributed by atoms with van der Waals surface area (Å²) >= 11 is 0. The smallest absolute Gasteiger partial charge is 0.459 e. The number of alkyl halides is 1. The van der Waals surface area contributed by atoms with Crippen molar-refractivity contribution in [3.63, 3.8) is 0 Å². The minimum atomic E-state index is -4.20. The monoisotopic (exact) mass is 592 g/mol. The first-order valence-electron chi connectivity index (χ1n) is 12.7. The number of H-pyrrole nitrogens is 1. The number of nitrogens with one attached hydrogen (secondary N) is 2. The quantitative estimate of drug-likeness (QED) is 0.151. The molecule has 0 saturated carbocycles. The molecule has 0 spiro atoms. The van der Waals surface area contributed by atoms with Crippen LogP contribution >= 0.6 is 7.75 Å². The zero-order chi connectivity index (χ0) is 30.4. The molecule has 5 atom stereocenters. The zero-order valence-electron chi connectivity index (χ0n) is 23.6. The number of ether oxygens (including phenoxy) is 2. The summed E-state index contributed by atoms with van der Waals surface area (Å²) < 4.78 is 53.3. The molecule has 0 radical (unpaired) electrons. The first-order chi connectivity index (χ1) is 19.2. The van der Waals surface area contributed by atoms with Crippen LogP contribution in [-0.2, 0) is 23.4 Å². The number of para-hydroxylation sites is 1. The maximum Gasteiger partial charge on any atom is 0.459 e. The molecule has 0 fully saturated rings. The molecule has 13 nitrogen and oxygen atoms in total. The molecule has 2 unspecified atom stereocenters. The van der Waals surface area contributed by atoms with Crippen molar-refractivity contribution in [3.05, 3.63) is 47.0 Å². The normalized spacial score (nSPS) is 16.6. The van der Waals surface area contributed by atoms with E-state index in [-0.39, 0.29) is 29.5 Å². The topological polar surface area (TPSA) is 173 Å². The number of nitrogens with two attached hydrogens (primary N) is 1. The molecule has 2 heterocycles. The van der Waals surface area contributed by atoms with Crippen LogP contribution in [0.5, 0.6) is 5.75 Å². The summed E-state index contributed by atoms with van der Waals surface area (Å²) in [7, 11) is -4.20. The highest BCUT2D eigenvalue weighted by Gasteiger charge is 2.39. The number of anilines is 1. The van der Waals surface area contributed by atoms with Gasteiger partial charge in [0.25, 0.3) is 5.56 Å². The van der Waals surface area contributed by atoms with Crippen molar-refractivity contribution < 1.29 is 32.3 Å². The van der Waals surface area contributed by atoms with Gasteiger partial charge in [-0.25, -0.2) is 13.9 Å². The van der Waals surface area contributed by atoms with Crippen molar-refractivity contribution in [2.24, 2.45) is 0 Å². The zero-order valence-corrected chi connectivity index (χ0v) is 24.5. The van der Waals surface area contributed by atoms with Crippen molar-refractivity contribution in [3.8, 4) is 17.6 Å². The van der Waals surface area contributed by atoms with Crippen LogP contribution < -0.4 is 20.9 Å². The molecule has 0 aliphatic carbocycles. The van der Waals surface area contributed by atoms with Gasteiger partial charge in [0.05, 0.1) is 25.1 Å². The summed E-state index contributed by atoms with van der Waals surface area (Å²) in [5, 5.41) is 2.58. The number of benzene rings is 1. The van der Waals surface area contributed by atoms with Crippen molar-refractivity contribution in [2.45, 2.75) is 71.7 Å². The highest BCUT2D eigenvalue weighted by Crippen LogP contribution is 2.45. The fraction of sp³-hybridized carbons (Fsp3) is 0.462. The molecule has 2 aromatic heterocycles. The molecular formula is C26H34FN6O7P. The van der Waals surface area contributed by atoms with Gasteiger partial charge in [0, 0.05) is 0 Å². The Hall–Kier alpha value is -3.76. The van der Waals surface area contributed by atoms with Crippen molar-refractivity contribution in [2.75, 3.05) is 12.3 Å². The van der Waals surface area contributed by atoms with Crippen molar-refractivity contribution >= 4 is 30.8 Å². The van der Waals surface area contributed by atoms with Crippen molar-refractivity contribution in [1.29, 1.82) is 0 Å². The van der Waals surface area contributed by atoms with Gasteiger partial charge in [0.15, 0.2) is 17.4 Å². The van der Waals surface area contributed by atoms with E-state index >= 15 is 4.39 Å². The third kappa shape index (κ3) is 8.37. The van der Waals surface area contributed by atoms with Crippen LogP contribution in [0.25, 0.3) is 11.2 Å². The molecule has 4 N–H and O–H groups in total. The van der Waals surface area contributed by atoms with Crippen LogP contribution in [-0.4, -0.2) is 56.0 Å². The molecular weight excluding hydrogens is 558 g/mol. The summed E-state index contributed by atoms with van der Waals surface area (Å²) in [4.78, 5) is 35.1. The molecule has 3 rings (SSSR count). The third-order valence-corrected chi connectivity index (χ3v) is 7.05. The number of rotatable bonds is 13. The highest BCUT2D eigenvalue weighted by atomic mass is 31.2. The Morgan fingerprint density at radius 3 is 2.59 bits per heavy atom. The lowest BCUT2D eigenvalue weighted by atomic mass is 10.1. The third-order valence-electron chi connectivity index (χ3n) is 5.40. The predicted molar refractivity (Wildman–Crippen MR) is 150 cm³/mol. The molecule has 0 amide bonds. The van der Waals surface area contributed by atoms with Gasteiger partial charge in [-0.3, -0.25) is 23.7 Å². The Labute approximate surface area is 236 Å². The summed E-state index contributed by atoms with van der Waals surface area (Å²) in [6.07, 6.45) is -1.62. The Balaban J connectivity index is 1.86. The minimum absolute atomic E-state index is 0.0246. The van der Waals surface area contributed by atoms with Crippen LogP contribution in [0.1, 0.15) is 47.8 Å². The Morgan fingerprint density at radius 1 is 1.27 bits per heavy atom. The first kappa shape index (κ1) is 31.8. The van der Waals surface area contributed by atoms with Crippen LogP contribution in [0.15, 0.2) is 41.5 Å². The number of imidazole rings is 1. The van der Waals surface area contributed by atoms with E-state index in [9.17, 15) is 14.2 Å². The summed E-state index contributed by atoms with van der Waals surface area (Å²) in [5.74, 6) is 4.33. The Kier molecular flexibility index (Phi) is 10.3. The van der Waals surface area contributed by atoms with Gasteiger partial charge < -0.3 is 19.7 Å². The number of fused-ring (bicyclic) bond motifs is 1. The van der Waals surface area contributed by atoms with Gasteiger partial charge in [-0.15, -0.1) is 5.92 Å². The number of aromatic nitrogens is 4. The molecule has 0 bridgehead atoms. The van der Waals surface area contributed by atoms with E-state index in [0.29, 0.717) is 0 Å². The van der Waals surface area contributed by atoms with Gasteiger partial charge in [0.2, 0.25) is 11.6 Å². The lowest BCUT2D eigenvalue weighted by Crippen LogP contribution is -2.38. The second-order valence-electron chi connectivity index (χ2n) is 9.56. The number of halogens is 1. The van der Waals surface area contributed by atoms with Crippen LogP contribution in [0.2, 0.25) is 0 Å². The van der Waals surface area contributed by atoms with Gasteiger partial charge in [-0.1, -0.05) is 24.1 Å². The fourth-order valence-corrected chi connectivity index (χ4v) is 5.24. The maximum atomic E-state index is 15.9. The SMILES string of the molecule is CC#CC(C)(F)[C@@H](O[C@@H](C)COP(=O)(N[C@@H](C)C(=O)OC(C)C)Oc1ccccc1)n1cnc2c(=O)[nH]c(N)nc21. The summed E-state index contributed by atoms with van der Waals surface area (Å²) in [5.41, 5.74) is 2.68. The molecule has 222 valence electrons. The molecule has 0 saturated heterocycles. The van der Waals surface area contributed by atoms with E-state index in [4.69, 9.17) is 24.3 Å². The van der Waals surface area contributed by atoms with Crippen LogP contribution in [0.4, 0.5) is 10.3 Å². The Morgan fingerprint density at radius 2 is 1.95 bits per heavy atom. The second kappa shape index (κ2) is 13.3. The average molecular weight is 593 g/mol. The summed E-state index contributed by atoms with van der Waals surface area (Å²) in [6, 6.07) is 7.15. The van der Waals surface area contributed by atoms with E-state index < -0.39 is 49.4 Å². The number of aromatic amines is 1. The maximum absolute atomic E-state index is 15.9. The molecule has 41 heavy (non-hydrogen) atoms. The van der Waals surface area contributed by atoms with E-state index in [1.54, 1.807) is 51.1 Å². The summed E-state index contributed by atoms with van der Waals surface area (Å²) in [6.45, 7) is 8.63. The molecule has 0 aliphatic rings. The largest absolute Gasteiger partial charge is 0.462 e. The molecule has 3 aromatic rings. The highest BCUT2D eigenvalue weighted by molar-refractivity contribution is 7.52. The number of carbonyl (C=O) groups is 1. The number of hydrogen-bond donors (Lipinski definition) is 3. The lowest BCUT2D eigenvalue weighted by molar-refractivity contribution is -0.149. The predicted octanol–water partition coefficient (Wildman–Crippen LogP) is 3.49. The number of nitrogens with zero attached hydrogens (tertiary/aromatic N) is 3. The molecule has 0 aliphatic heterocycles. The minimum Gasteiger partial charge on any atom is -0.462 e. The number of esters is 1. The van der Waals surface area contributed by atoms with Gasteiger partial charge in [-0.2, -0.15) is 10.1 Å². The standard InChI is InChI=1S/C26H34FN6O7P/c1-7-13-26(6,27)24(33-15-29-20-21(33)30-25(28)31-22(20)34)39-17(4)14-37-41(36,40-19-11-9-8-10-12-19)32-18(5)23(35)38-16(2)3/h8-12,15-18,24H,14H2,1-6H3,(H,32,36)(H3,28,30,31,34)/t17-,18-,24+,26?,41?/m0/s1. The van der Waals surface area contributed by atoms with E-state index in [2.05, 4.69) is 31.9 Å². The number of nitrogen functional groups attached to an aromatic ring is 1. The van der Waals surface area contributed by atoms with Gasteiger partial charge in [0.1, 0.15) is 11.8 Å². The van der Waals surface area contributed by atoms with E-state index in [0.717, 1.165) is 0 Å².